The van der Waals surface area contributed by atoms with Gasteiger partial charge in [0.1, 0.15) is 5.82 Å². The lowest BCUT2D eigenvalue weighted by molar-refractivity contribution is 0.0368. The fourth-order valence-electron chi connectivity index (χ4n) is 3.46. The molecule has 25 heavy (non-hydrogen) atoms. The van der Waals surface area contributed by atoms with Crippen LogP contribution in [0.5, 0.6) is 0 Å². The number of piperidine rings is 1. The predicted molar refractivity (Wildman–Crippen MR) is 95.8 cm³/mol. The molecule has 7 heteroatoms. The number of benzene rings is 1. The van der Waals surface area contributed by atoms with Crippen molar-refractivity contribution in [2.75, 3.05) is 45.9 Å². The van der Waals surface area contributed by atoms with Crippen molar-refractivity contribution in [1.29, 1.82) is 10.8 Å². The summed E-state index contributed by atoms with van der Waals surface area (Å²) < 4.78 is 18.5. The molecular formula is C18H26FN5O. The van der Waals surface area contributed by atoms with E-state index >= 15 is 0 Å². The lowest BCUT2D eigenvalue weighted by Crippen LogP contribution is -2.58. The number of ether oxygens (including phenoxy) is 1. The largest absolute Gasteiger partial charge is 0.379 e. The summed E-state index contributed by atoms with van der Waals surface area (Å²) in [6.07, 6.45) is 1.22. The second-order valence-electron chi connectivity index (χ2n) is 6.81. The molecule has 0 bridgehead atoms. The van der Waals surface area contributed by atoms with E-state index in [2.05, 4.69) is 4.90 Å². The molecule has 1 aromatic rings. The molecule has 4 N–H and O–H groups in total. The van der Waals surface area contributed by atoms with E-state index in [-0.39, 0.29) is 12.2 Å². The zero-order valence-corrected chi connectivity index (χ0v) is 14.4. The van der Waals surface area contributed by atoms with Crippen molar-refractivity contribution < 1.29 is 9.13 Å². The third-order valence-corrected chi connectivity index (χ3v) is 5.08. The topological polar surface area (TPSA) is 89.4 Å². The number of nitrogens with zero attached hydrogens (tertiary/aromatic N) is 2. The Morgan fingerprint density at radius 1 is 1.12 bits per heavy atom. The van der Waals surface area contributed by atoms with Crippen LogP contribution in [0, 0.1) is 16.6 Å². The normalized spacial score (nSPS) is 25.4. The molecule has 6 nitrogen and oxygen atoms in total. The minimum atomic E-state index is -1.01. The first-order valence-corrected chi connectivity index (χ1v) is 8.74. The maximum absolute atomic E-state index is 13.2. The molecular weight excluding hydrogens is 321 g/mol. The number of nitrogens with one attached hydrogen (secondary N) is 2. The third kappa shape index (κ3) is 4.05. The number of morpholine rings is 1. The van der Waals surface area contributed by atoms with Crippen LogP contribution in [0.1, 0.15) is 18.4 Å². The van der Waals surface area contributed by atoms with Crippen LogP contribution in [0.4, 0.5) is 4.39 Å². The van der Waals surface area contributed by atoms with Gasteiger partial charge in [-0.2, -0.15) is 0 Å². The maximum Gasteiger partial charge on any atom is 0.123 e. The van der Waals surface area contributed by atoms with Gasteiger partial charge in [-0.05, 0) is 24.1 Å². The van der Waals surface area contributed by atoms with E-state index in [9.17, 15) is 4.39 Å². The van der Waals surface area contributed by atoms with Gasteiger partial charge in [0, 0.05) is 32.6 Å². The van der Waals surface area contributed by atoms with Gasteiger partial charge in [0.2, 0.25) is 0 Å². The summed E-state index contributed by atoms with van der Waals surface area (Å²) in [5.41, 5.74) is 6.49. The Morgan fingerprint density at radius 3 is 2.48 bits per heavy atom. The third-order valence-electron chi connectivity index (χ3n) is 5.08. The highest BCUT2D eigenvalue weighted by Gasteiger charge is 2.39. The van der Waals surface area contributed by atoms with Crippen LogP contribution in [0.2, 0.25) is 0 Å². The number of halogens is 1. The van der Waals surface area contributed by atoms with E-state index in [1.807, 2.05) is 4.90 Å². The molecule has 2 heterocycles. The van der Waals surface area contributed by atoms with E-state index in [1.165, 1.54) is 12.1 Å². The van der Waals surface area contributed by atoms with Gasteiger partial charge in [0.05, 0.1) is 36.8 Å². The molecule has 1 unspecified atom stereocenters. The van der Waals surface area contributed by atoms with Crippen LogP contribution in [0.15, 0.2) is 24.3 Å². The zero-order chi connectivity index (χ0) is 17.9. The Hall–Kier alpha value is -1.83. The standard InChI is InChI=1S/C18H26FN5O/c19-15-4-2-14(3-5-15)18(22)12-17(21)24(13-16(18)20)7-1-6-23-8-10-25-11-9-23/h2-5,20-21H,1,6-13,22H2. The van der Waals surface area contributed by atoms with Crippen molar-refractivity contribution >= 4 is 11.5 Å². The summed E-state index contributed by atoms with van der Waals surface area (Å²) >= 11 is 0. The Bertz CT molecular complexity index is 629. The molecule has 3 rings (SSSR count). The number of hydrogen-bond donors (Lipinski definition) is 3. The Labute approximate surface area is 147 Å². The van der Waals surface area contributed by atoms with Gasteiger partial charge in [0.15, 0.2) is 0 Å². The summed E-state index contributed by atoms with van der Waals surface area (Å²) in [6.45, 7) is 5.59. The van der Waals surface area contributed by atoms with E-state index < -0.39 is 5.54 Å². The molecule has 2 aliphatic heterocycles. The smallest absolute Gasteiger partial charge is 0.123 e. The minimum absolute atomic E-state index is 0.273. The molecule has 2 aliphatic rings. The summed E-state index contributed by atoms with van der Waals surface area (Å²) in [7, 11) is 0. The van der Waals surface area contributed by atoms with Gasteiger partial charge < -0.3 is 20.8 Å². The second-order valence-corrected chi connectivity index (χ2v) is 6.81. The highest BCUT2D eigenvalue weighted by molar-refractivity contribution is 6.03. The number of likely N-dealkylation sites (tertiary alicyclic amines) is 1. The van der Waals surface area contributed by atoms with E-state index in [0.29, 0.717) is 23.7 Å². The molecule has 2 fully saturated rings. The molecule has 0 spiro atoms. The van der Waals surface area contributed by atoms with Gasteiger partial charge in [-0.25, -0.2) is 4.39 Å². The molecule has 1 atom stereocenters. The van der Waals surface area contributed by atoms with Crippen molar-refractivity contribution in [3.63, 3.8) is 0 Å². The van der Waals surface area contributed by atoms with Crippen molar-refractivity contribution in [2.45, 2.75) is 18.4 Å². The molecule has 136 valence electrons. The van der Waals surface area contributed by atoms with Gasteiger partial charge in [-0.15, -0.1) is 0 Å². The average molecular weight is 347 g/mol. The lowest BCUT2D eigenvalue weighted by atomic mass is 9.79. The number of rotatable bonds is 5. The predicted octanol–water partition coefficient (Wildman–Crippen LogP) is 1.40. The van der Waals surface area contributed by atoms with Crippen LogP contribution < -0.4 is 5.73 Å². The fraction of sp³-hybridized carbons (Fsp3) is 0.556. The SMILES string of the molecule is N=C1CC(N)(c2ccc(F)cc2)C(=N)CN1CCCN1CCOCC1. The summed E-state index contributed by atoms with van der Waals surface area (Å²) in [5.74, 6) is 0.124. The second kappa shape index (κ2) is 7.59. The molecule has 2 saturated heterocycles. The fourth-order valence-corrected chi connectivity index (χ4v) is 3.46. The summed E-state index contributed by atoms with van der Waals surface area (Å²) in [6, 6.07) is 5.95. The van der Waals surface area contributed by atoms with E-state index in [1.54, 1.807) is 12.1 Å². The highest BCUT2D eigenvalue weighted by atomic mass is 19.1. The Morgan fingerprint density at radius 2 is 1.80 bits per heavy atom. The Balaban J connectivity index is 1.57. The monoisotopic (exact) mass is 347 g/mol. The molecule has 0 radical (unpaired) electrons. The summed E-state index contributed by atoms with van der Waals surface area (Å²) in [5, 5.41) is 16.7. The molecule has 0 aliphatic carbocycles. The molecule has 1 aromatic carbocycles. The highest BCUT2D eigenvalue weighted by Crippen LogP contribution is 2.29. The lowest BCUT2D eigenvalue weighted by Gasteiger charge is -2.41. The average Bonchev–Trinajstić information content (AvgIpc) is 2.61. The van der Waals surface area contributed by atoms with Gasteiger partial charge in [0.25, 0.3) is 0 Å². The van der Waals surface area contributed by atoms with Crippen LogP contribution in [-0.4, -0.2) is 67.3 Å². The molecule has 0 amide bonds. The first-order chi connectivity index (χ1) is 12.0. The Kier molecular flexibility index (Phi) is 5.46. The number of hydrogen-bond acceptors (Lipinski definition) is 5. The van der Waals surface area contributed by atoms with Crippen molar-refractivity contribution in [1.82, 2.24) is 9.80 Å². The maximum atomic E-state index is 13.2. The first-order valence-electron chi connectivity index (χ1n) is 8.74. The summed E-state index contributed by atoms with van der Waals surface area (Å²) in [4.78, 5) is 4.30. The molecule has 0 saturated carbocycles. The van der Waals surface area contributed by atoms with E-state index in [0.717, 1.165) is 45.8 Å². The number of amidine groups is 1. The minimum Gasteiger partial charge on any atom is -0.379 e. The van der Waals surface area contributed by atoms with Gasteiger partial charge in [-0.3, -0.25) is 10.3 Å². The zero-order valence-electron chi connectivity index (χ0n) is 14.4. The quantitative estimate of drug-likeness (QED) is 0.751. The van der Waals surface area contributed by atoms with Crippen LogP contribution in [0.3, 0.4) is 0 Å². The van der Waals surface area contributed by atoms with Gasteiger partial charge in [-0.1, -0.05) is 12.1 Å². The van der Waals surface area contributed by atoms with E-state index in [4.69, 9.17) is 21.3 Å². The van der Waals surface area contributed by atoms with Crippen LogP contribution >= 0.6 is 0 Å². The van der Waals surface area contributed by atoms with Crippen molar-refractivity contribution in [3.05, 3.63) is 35.6 Å². The molecule has 0 aromatic heterocycles. The number of nitrogens with two attached hydrogens (primary N) is 1. The van der Waals surface area contributed by atoms with Gasteiger partial charge >= 0.3 is 0 Å². The van der Waals surface area contributed by atoms with Crippen LogP contribution in [0.25, 0.3) is 0 Å². The van der Waals surface area contributed by atoms with Crippen LogP contribution in [-0.2, 0) is 10.3 Å². The van der Waals surface area contributed by atoms with Crippen molar-refractivity contribution in [3.8, 4) is 0 Å². The first kappa shape index (κ1) is 18.0. The van der Waals surface area contributed by atoms with Crippen molar-refractivity contribution in [2.24, 2.45) is 5.73 Å².